The summed E-state index contributed by atoms with van der Waals surface area (Å²) in [5, 5.41) is 9.54. The van der Waals surface area contributed by atoms with E-state index in [1.165, 1.54) is 6.07 Å². The summed E-state index contributed by atoms with van der Waals surface area (Å²) in [4.78, 5) is 2.00. The van der Waals surface area contributed by atoms with Crippen LogP contribution in [0.15, 0.2) is 36.4 Å². The molecule has 3 nitrogen and oxygen atoms in total. The summed E-state index contributed by atoms with van der Waals surface area (Å²) in [5.74, 6) is -0.232. The van der Waals surface area contributed by atoms with Crippen molar-refractivity contribution in [2.75, 3.05) is 27.2 Å². The molecule has 0 aromatic heterocycles. The number of para-hydroxylation sites is 1. The van der Waals surface area contributed by atoms with E-state index in [2.05, 4.69) is 0 Å². The molecule has 2 aromatic rings. The molecule has 0 saturated heterocycles. The van der Waals surface area contributed by atoms with Gasteiger partial charge in [0.15, 0.2) is 0 Å². The summed E-state index contributed by atoms with van der Waals surface area (Å²) < 4.78 is 19.8. The molecule has 0 aliphatic carbocycles. The standard InChI is InChI=1S/C16H17ClFNO2/c1-19(2)7-8-21-16-6-4-3-5-11(16)12-9-13(17)15(20)10-14(12)18/h3-6,9-10,20H,7-8H2,1-2H3. The fourth-order valence-corrected chi connectivity index (χ4v) is 2.06. The first-order chi connectivity index (χ1) is 9.99. The molecule has 0 aliphatic rings. The van der Waals surface area contributed by atoms with Crippen molar-refractivity contribution in [3.05, 3.63) is 47.2 Å². The summed E-state index contributed by atoms with van der Waals surface area (Å²) in [6, 6.07) is 9.58. The molecule has 0 bridgehead atoms. The van der Waals surface area contributed by atoms with Crippen LogP contribution in [-0.2, 0) is 0 Å². The average Bonchev–Trinajstić information content (AvgIpc) is 2.43. The molecule has 0 saturated carbocycles. The maximum Gasteiger partial charge on any atom is 0.137 e. The zero-order chi connectivity index (χ0) is 15.4. The number of rotatable bonds is 5. The van der Waals surface area contributed by atoms with E-state index in [9.17, 15) is 9.50 Å². The van der Waals surface area contributed by atoms with E-state index in [0.29, 0.717) is 23.5 Å². The molecule has 0 amide bonds. The number of halogens is 2. The molecular formula is C16H17ClFNO2. The van der Waals surface area contributed by atoms with Crippen LogP contribution in [0.4, 0.5) is 4.39 Å². The molecule has 0 aliphatic heterocycles. The Kier molecular flexibility index (Phi) is 5.04. The van der Waals surface area contributed by atoms with Gasteiger partial charge >= 0.3 is 0 Å². The number of hydrogen-bond donors (Lipinski definition) is 1. The first-order valence-corrected chi connectivity index (χ1v) is 6.92. The number of benzene rings is 2. The van der Waals surface area contributed by atoms with Crippen LogP contribution in [0.3, 0.4) is 0 Å². The number of nitrogens with zero attached hydrogens (tertiary/aromatic N) is 1. The smallest absolute Gasteiger partial charge is 0.137 e. The second-order valence-electron chi connectivity index (χ2n) is 4.93. The maximum absolute atomic E-state index is 14.1. The van der Waals surface area contributed by atoms with Crippen LogP contribution in [0.1, 0.15) is 0 Å². The van der Waals surface area contributed by atoms with E-state index in [1.54, 1.807) is 18.2 Å². The third-order valence-electron chi connectivity index (χ3n) is 3.01. The normalized spacial score (nSPS) is 10.9. The van der Waals surface area contributed by atoms with Crippen molar-refractivity contribution in [3.8, 4) is 22.6 Å². The molecule has 0 heterocycles. The van der Waals surface area contributed by atoms with E-state index in [0.717, 1.165) is 12.6 Å². The summed E-state index contributed by atoms with van der Waals surface area (Å²) in [6.07, 6.45) is 0. The van der Waals surface area contributed by atoms with Crippen LogP contribution < -0.4 is 4.74 Å². The summed E-state index contributed by atoms with van der Waals surface area (Å²) >= 11 is 5.87. The highest BCUT2D eigenvalue weighted by Gasteiger charge is 2.13. The number of ether oxygens (including phenoxy) is 1. The van der Waals surface area contributed by atoms with Crippen LogP contribution in [0, 0.1) is 5.82 Å². The molecule has 0 unspecified atom stereocenters. The molecule has 0 spiro atoms. The largest absolute Gasteiger partial charge is 0.506 e. The van der Waals surface area contributed by atoms with E-state index in [1.807, 2.05) is 25.1 Å². The van der Waals surface area contributed by atoms with Crippen molar-refractivity contribution in [1.29, 1.82) is 0 Å². The summed E-state index contributed by atoms with van der Waals surface area (Å²) in [7, 11) is 3.91. The minimum absolute atomic E-state index is 0.106. The van der Waals surface area contributed by atoms with E-state index < -0.39 is 5.82 Å². The lowest BCUT2D eigenvalue weighted by atomic mass is 10.0. The molecule has 21 heavy (non-hydrogen) atoms. The third-order valence-corrected chi connectivity index (χ3v) is 3.31. The lowest BCUT2D eigenvalue weighted by Crippen LogP contribution is -2.19. The molecule has 5 heteroatoms. The van der Waals surface area contributed by atoms with Gasteiger partial charge in [-0.15, -0.1) is 0 Å². The van der Waals surface area contributed by atoms with E-state index in [-0.39, 0.29) is 10.8 Å². The van der Waals surface area contributed by atoms with Crippen molar-refractivity contribution in [2.24, 2.45) is 0 Å². The minimum atomic E-state index is -0.541. The Morgan fingerprint density at radius 3 is 2.62 bits per heavy atom. The second kappa shape index (κ2) is 6.78. The highest BCUT2D eigenvalue weighted by Crippen LogP contribution is 2.36. The van der Waals surface area contributed by atoms with Gasteiger partial charge < -0.3 is 14.7 Å². The Labute approximate surface area is 128 Å². The zero-order valence-electron chi connectivity index (χ0n) is 11.9. The van der Waals surface area contributed by atoms with E-state index >= 15 is 0 Å². The molecule has 0 fully saturated rings. The van der Waals surface area contributed by atoms with Gasteiger partial charge in [-0.1, -0.05) is 29.8 Å². The van der Waals surface area contributed by atoms with Crippen molar-refractivity contribution in [1.82, 2.24) is 4.90 Å². The predicted octanol–water partition coefficient (Wildman–Crippen LogP) is 3.79. The molecule has 2 rings (SSSR count). The van der Waals surface area contributed by atoms with Crippen LogP contribution in [0.25, 0.3) is 11.1 Å². The molecule has 0 atom stereocenters. The number of likely N-dealkylation sites (N-methyl/N-ethyl adjacent to an activating group) is 1. The van der Waals surface area contributed by atoms with Gasteiger partial charge in [0.2, 0.25) is 0 Å². The highest BCUT2D eigenvalue weighted by atomic mass is 35.5. The van der Waals surface area contributed by atoms with Gasteiger partial charge in [0.25, 0.3) is 0 Å². The SMILES string of the molecule is CN(C)CCOc1ccccc1-c1cc(Cl)c(O)cc1F. The highest BCUT2D eigenvalue weighted by molar-refractivity contribution is 6.32. The monoisotopic (exact) mass is 309 g/mol. The predicted molar refractivity (Wildman–Crippen MR) is 82.6 cm³/mol. The van der Waals surface area contributed by atoms with Gasteiger partial charge in [0, 0.05) is 23.7 Å². The molecule has 1 N–H and O–H groups in total. The lowest BCUT2D eigenvalue weighted by molar-refractivity contribution is 0.262. The number of aromatic hydroxyl groups is 1. The fraction of sp³-hybridized carbons (Fsp3) is 0.250. The minimum Gasteiger partial charge on any atom is -0.506 e. The summed E-state index contributed by atoms with van der Waals surface area (Å²) in [5.41, 5.74) is 0.911. The maximum atomic E-state index is 14.1. The van der Waals surface area contributed by atoms with E-state index in [4.69, 9.17) is 16.3 Å². The fourth-order valence-electron chi connectivity index (χ4n) is 1.90. The number of phenolic OH excluding ortho intramolecular Hbond substituents is 1. The Morgan fingerprint density at radius 1 is 1.19 bits per heavy atom. The van der Waals surface area contributed by atoms with Crippen LogP contribution in [-0.4, -0.2) is 37.3 Å². The van der Waals surface area contributed by atoms with Gasteiger partial charge in [0.1, 0.15) is 23.9 Å². The zero-order valence-corrected chi connectivity index (χ0v) is 12.7. The van der Waals surface area contributed by atoms with Crippen LogP contribution in [0.2, 0.25) is 5.02 Å². The molecule has 0 radical (unpaired) electrons. The number of hydrogen-bond acceptors (Lipinski definition) is 3. The van der Waals surface area contributed by atoms with Gasteiger partial charge in [0.05, 0.1) is 5.02 Å². The second-order valence-corrected chi connectivity index (χ2v) is 5.34. The first-order valence-electron chi connectivity index (χ1n) is 6.54. The van der Waals surface area contributed by atoms with Crippen molar-refractivity contribution in [2.45, 2.75) is 0 Å². The molecule has 2 aromatic carbocycles. The van der Waals surface area contributed by atoms with Gasteiger partial charge in [-0.2, -0.15) is 0 Å². The molecule has 112 valence electrons. The van der Waals surface area contributed by atoms with Crippen molar-refractivity contribution < 1.29 is 14.2 Å². The first kappa shape index (κ1) is 15.6. The quantitative estimate of drug-likeness (QED) is 0.912. The van der Waals surface area contributed by atoms with Gasteiger partial charge in [-0.25, -0.2) is 4.39 Å². The van der Waals surface area contributed by atoms with Crippen molar-refractivity contribution >= 4 is 11.6 Å². The number of phenols is 1. The molecular weight excluding hydrogens is 293 g/mol. The topological polar surface area (TPSA) is 32.7 Å². The lowest BCUT2D eigenvalue weighted by Gasteiger charge is -2.15. The van der Waals surface area contributed by atoms with Gasteiger partial charge in [-0.05, 0) is 26.2 Å². The Morgan fingerprint density at radius 2 is 1.90 bits per heavy atom. The van der Waals surface area contributed by atoms with Crippen LogP contribution in [0.5, 0.6) is 11.5 Å². The van der Waals surface area contributed by atoms with Crippen molar-refractivity contribution in [3.63, 3.8) is 0 Å². The Bertz CT molecular complexity index is 632. The Hall–Kier alpha value is -1.78. The average molecular weight is 310 g/mol. The third kappa shape index (κ3) is 3.86. The van der Waals surface area contributed by atoms with Crippen LogP contribution >= 0.6 is 11.6 Å². The summed E-state index contributed by atoms with van der Waals surface area (Å²) in [6.45, 7) is 1.25. The van der Waals surface area contributed by atoms with Gasteiger partial charge in [-0.3, -0.25) is 0 Å². The Balaban J connectivity index is 2.34.